The third kappa shape index (κ3) is 5.52. The molecule has 160 valence electrons. The van der Waals surface area contributed by atoms with Crippen LogP contribution in [0.4, 0.5) is 10.5 Å². The number of anilines is 1. The number of nitrogens with zero attached hydrogens (tertiary/aromatic N) is 4. The van der Waals surface area contributed by atoms with E-state index in [0.29, 0.717) is 6.61 Å². The molecule has 0 unspecified atom stereocenters. The highest BCUT2D eigenvalue weighted by molar-refractivity contribution is 8.01. The van der Waals surface area contributed by atoms with Crippen molar-refractivity contribution in [1.29, 1.82) is 0 Å². The number of benzene rings is 1. The number of piperidine rings is 1. The van der Waals surface area contributed by atoms with Gasteiger partial charge in [-0.05, 0) is 57.7 Å². The van der Waals surface area contributed by atoms with E-state index >= 15 is 0 Å². The number of carbonyl (C=O) groups excluding carboxylic acids is 1. The summed E-state index contributed by atoms with van der Waals surface area (Å²) in [4.78, 5) is 20.3. The maximum absolute atomic E-state index is 12.4. The summed E-state index contributed by atoms with van der Waals surface area (Å²) in [6.45, 7) is 7.88. The van der Waals surface area contributed by atoms with E-state index in [1.807, 2.05) is 62.1 Å². The van der Waals surface area contributed by atoms with Gasteiger partial charge in [-0.2, -0.15) is 0 Å². The molecule has 0 aliphatic carbocycles. The SMILES string of the molecule is C/C=C\C=N\O/N=C(C)/C(=C\C)SN1CCC(N2C(=O)OCc3ccccc32)CC1. The predicted octanol–water partition coefficient (Wildman–Crippen LogP) is 5.11. The zero-order valence-corrected chi connectivity index (χ0v) is 18.5. The summed E-state index contributed by atoms with van der Waals surface area (Å²) in [6, 6.07) is 8.12. The average molecular weight is 429 g/mol. The third-order valence-electron chi connectivity index (χ3n) is 5.00. The Kier molecular flexibility index (Phi) is 8.10. The van der Waals surface area contributed by atoms with E-state index < -0.39 is 0 Å². The van der Waals surface area contributed by atoms with Gasteiger partial charge in [-0.1, -0.05) is 40.7 Å². The van der Waals surface area contributed by atoms with Crippen LogP contribution in [0, 0.1) is 0 Å². The van der Waals surface area contributed by atoms with Crippen LogP contribution in [0.15, 0.2) is 57.7 Å². The van der Waals surface area contributed by atoms with Gasteiger partial charge in [0.05, 0.1) is 17.6 Å². The largest absolute Gasteiger partial charge is 0.444 e. The highest BCUT2D eigenvalue weighted by Gasteiger charge is 2.34. The maximum Gasteiger partial charge on any atom is 0.414 e. The first kappa shape index (κ1) is 22.1. The Morgan fingerprint density at radius 3 is 2.77 bits per heavy atom. The molecular weight excluding hydrogens is 400 g/mol. The van der Waals surface area contributed by atoms with Gasteiger partial charge in [-0.15, -0.1) is 0 Å². The number of allylic oxidation sites excluding steroid dienone is 4. The van der Waals surface area contributed by atoms with Crippen molar-refractivity contribution in [3.05, 3.63) is 53.0 Å². The molecule has 0 spiro atoms. The highest BCUT2D eigenvalue weighted by Crippen LogP contribution is 2.34. The van der Waals surface area contributed by atoms with Crippen LogP contribution in [0.2, 0.25) is 0 Å². The number of ether oxygens (including phenoxy) is 1. The number of rotatable bonds is 7. The molecule has 3 rings (SSSR count). The number of cyclic esters (lactones) is 1. The molecule has 0 radical (unpaired) electrons. The zero-order valence-electron chi connectivity index (χ0n) is 17.7. The summed E-state index contributed by atoms with van der Waals surface area (Å²) in [6.07, 6.45) is 8.73. The number of fused-ring (bicyclic) bond motifs is 1. The van der Waals surface area contributed by atoms with Crippen molar-refractivity contribution in [1.82, 2.24) is 4.31 Å². The molecule has 1 fully saturated rings. The number of para-hydroxylation sites is 1. The van der Waals surface area contributed by atoms with Crippen molar-refractivity contribution in [2.24, 2.45) is 10.3 Å². The van der Waals surface area contributed by atoms with E-state index in [4.69, 9.17) is 9.68 Å². The minimum atomic E-state index is -0.243. The number of hydrogen-bond acceptors (Lipinski definition) is 7. The van der Waals surface area contributed by atoms with Crippen LogP contribution in [0.1, 0.15) is 39.2 Å². The molecule has 0 N–H and O–H groups in total. The van der Waals surface area contributed by atoms with Crippen molar-refractivity contribution < 1.29 is 14.5 Å². The van der Waals surface area contributed by atoms with Gasteiger partial charge >= 0.3 is 6.09 Å². The summed E-state index contributed by atoms with van der Waals surface area (Å²) < 4.78 is 7.69. The maximum atomic E-state index is 12.4. The van der Waals surface area contributed by atoms with Crippen LogP contribution < -0.4 is 4.90 Å². The highest BCUT2D eigenvalue weighted by atomic mass is 32.2. The van der Waals surface area contributed by atoms with Gasteiger partial charge in [0.2, 0.25) is 0 Å². The molecule has 0 bridgehead atoms. The van der Waals surface area contributed by atoms with Crippen molar-refractivity contribution in [3.8, 4) is 0 Å². The molecule has 1 aromatic carbocycles. The first-order chi connectivity index (χ1) is 14.6. The lowest BCUT2D eigenvalue weighted by atomic mass is 10.0. The molecular formula is C22H28N4O3S. The van der Waals surface area contributed by atoms with E-state index in [9.17, 15) is 4.79 Å². The van der Waals surface area contributed by atoms with Crippen molar-refractivity contribution in [2.75, 3.05) is 18.0 Å². The standard InChI is InChI=1S/C22H28N4O3S/c1-4-6-13-23-29-24-17(3)21(5-2)30-25-14-11-19(12-15-25)26-20-10-8-7-9-18(20)16-28-22(26)27/h4-10,13,19H,11-12,14-16H2,1-3H3/b6-4-,21-5+,23-13+,24-17+. The summed E-state index contributed by atoms with van der Waals surface area (Å²) in [5, 5.41) is 7.81. The predicted molar refractivity (Wildman–Crippen MR) is 123 cm³/mol. The molecule has 1 saturated heterocycles. The Labute approximate surface area is 182 Å². The molecule has 7 nitrogen and oxygen atoms in total. The minimum Gasteiger partial charge on any atom is -0.444 e. The lowest BCUT2D eigenvalue weighted by Gasteiger charge is -2.39. The summed E-state index contributed by atoms with van der Waals surface area (Å²) in [7, 11) is 0. The van der Waals surface area contributed by atoms with Gasteiger partial charge in [0.25, 0.3) is 0 Å². The Bertz CT molecular complexity index is 858. The van der Waals surface area contributed by atoms with E-state index in [2.05, 4.69) is 14.6 Å². The van der Waals surface area contributed by atoms with Crippen LogP contribution in [-0.4, -0.2) is 41.5 Å². The topological polar surface area (TPSA) is 66.7 Å². The zero-order chi connectivity index (χ0) is 21.3. The van der Waals surface area contributed by atoms with Crippen LogP contribution in [0.5, 0.6) is 0 Å². The smallest absolute Gasteiger partial charge is 0.414 e. The van der Waals surface area contributed by atoms with Crippen molar-refractivity contribution >= 4 is 35.7 Å². The van der Waals surface area contributed by atoms with Gasteiger partial charge in [0.15, 0.2) is 0 Å². The van der Waals surface area contributed by atoms with Crippen LogP contribution in [0.3, 0.4) is 0 Å². The van der Waals surface area contributed by atoms with Gasteiger partial charge in [0, 0.05) is 29.6 Å². The second-order valence-corrected chi connectivity index (χ2v) is 8.14. The van der Waals surface area contributed by atoms with Crippen LogP contribution in [0.25, 0.3) is 0 Å². The van der Waals surface area contributed by atoms with Crippen LogP contribution in [-0.2, 0) is 16.3 Å². The monoisotopic (exact) mass is 428 g/mol. The second kappa shape index (κ2) is 11.0. The first-order valence-corrected chi connectivity index (χ1v) is 10.9. The number of hydrogen-bond donors (Lipinski definition) is 0. The van der Waals surface area contributed by atoms with Gasteiger partial charge in [0.1, 0.15) is 6.61 Å². The molecule has 2 aliphatic heterocycles. The van der Waals surface area contributed by atoms with E-state index in [0.717, 1.165) is 47.8 Å². The molecule has 0 atom stereocenters. The molecule has 1 amide bonds. The fourth-order valence-corrected chi connectivity index (χ4v) is 4.40. The summed E-state index contributed by atoms with van der Waals surface area (Å²) in [5.41, 5.74) is 2.82. The van der Waals surface area contributed by atoms with Crippen molar-refractivity contribution in [3.63, 3.8) is 0 Å². The van der Waals surface area contributed by atoms with E-state index in [1.165, 1.54) is 0 Å². The quantitative estimate of drug-likeness (QED) is 0.343. The Morgan fingerprint density at radius 2 is 2.03 bits per heavy atom. The van der Waals surface area contributed by atoms with Gasteiger partial charge < -0.3 is 4.74 Å². The third-order valence-corrected chi connectivity index (χ3v) is 6.35. The molecule has 8 heteroatoms. The summed E-state index contributed by atoms with van der Waals surface area (Å²) in [5.74, 6) is 0. The van der Waals surface area contributed by atoms with Crippen molar-refractivity contribution in [2.45, 2.75) is 46.3 Å². The second-order valence-electron chi connectivity index (χ2n) is 7.00. The molecule has 30 heavy (non-hydrogen) atoms. The first-order valence-electron chi connectivity index (χ1n) is 10.1. The Hall–Kier alpha value is -2.58. The number of amides is 1. The average Bonchev–Trinajstić information content (AvgIpc) is 2.77. The number of carbonyl (C=O) groups is 1. The Balaban J connectivity index is 1.56. The lowest BCUT2D eigenvalue weighted by Crippen LogP contribution is -2.48. The lowest BCUT2D eigenvalue weighted by molar-refractivity contribution is 0.136. The fourth-order valence-electron chi connectivity index (χ4n) is 3.46. The van der Waals surface area contributed by atoms with E-state index in [-0.39, 0.29) is 12.1 Å². The Morgan fingerprint density at radius 1 is 1.27 bits per heavy atom. The normalized spacial score (nSPS) is 19.4. The minimum absolute atomic E-state index is 0.143. The molecule has 0 aromatic heterocycles. The van der Waals surface area contributed by atoms with E-state index in [1.54, 1.807) is 24.2 Å². The molecule has 2 aliphatic rings. The van der Waals surface area contributed by atoms with Gasteiger partial charge in [-0.25, -0.2) is 14.0 Å². The van der Waals surface area contributed by atoms with Gasteiger partial charge in [-0.3, -0.25) is 4.90 Å². The fraction of sp³-hybridized carbons (Fsp3) is 0.409. The molecule has 1 aromatic rings. The van der Waals surface area contributed by atoms with Crippen LogP contribution >= 0.6 is 11.9 Å². The number of oxime groups is 2. The molecule has 0 saturated carbocycles. The molecule has 2 heterocycles. The summed E-state index contributed by atoms with van der Waals surface area (Å²) >= 11 is 1.66.